The van der Waals surface area contributed by atoms with Crippen molar-refractivity contribution in [2.24, 2.45) is 0 Å². The summed E-state index contributed by atoms with van der Waals surface area (Å²) in [4.78, 5) is 7.74. The zero-order chi connectivity index (χ0) is 29.1. The highest BCUT2D eigenvalue weighted by atomic mass is 16.7. The molecule has 0 spiro atoms. The van der Waals surface area contributed by atoms with Gasteiger partial charge in [0.05, 0.1) is 18.0 Å². The number of ether oxygens (including phenoxy) is 3. The van der Waals surface area contributed by atoms with Crippen molar-refractivity contribution in [2.75, 3.05) is 13.4 Å². The number of rotatable bonds is 15. The number of fused-ring (bicyclic) bond motifs is 1. The zero-order valence-corrected chi connectivity index (χ0v) is 25.2. The Bertz CT molecular complexity index is 1460. The third kappa shape index (κ3) is 7.42. The van der Waals surface area contributed by atoms with E-state index in [9.17, 15) is 0 Å². The van der Waals surface area contributed by atoms with E-state index in [1.54, 1.807) is 0 Å². The molecule has 0 aliphatic carbocycles. The number of imidazole rings is 1. The quantitative estimate of drug-likeness (QED) is 0.145. The largest absolute Gasteiger partial charge is 0.494 e. The molecular formula is C36H43N3O3. The Kier molecular flexibility index (Phi) is 10.3. The van der Waals surface area contributed by atoms with Crippen molar-refractivity contribution in [2.45, 2.75) is 72.6 Å². The van der Waals surface area contributed by atoms with Gasteiger partial charge in [-0.25, -0.2) is 4.98 Å². The van der Waals surface area contributed by atoms with E-state index in [1.165, 1.54) is 16.8 Å². The molecule has 1 aliphatic rings. The molecule has 0 saturated carbocycles. The van der Waals surface area contributed by atoms with Crippen LogP contribution in [0.15, 0.2) is 78.9 Å². The molecule has 0 saturated heterocycles. The standard InChI is InChI=1S/C36H43N3O3/c1-4-7-10-18-32-33(39(21-8-5-2)36(37-32)30-15-11-9-12-16-30)26-38(24-28-14-13-17-31(22-28)40-6-3)25-29-19-20-34-35(23-29)42-27-41-34/h9-20,22-23H,4-8,21,24-27H2,1-3H3/b18-10+. The smallest absolute Gasteiger partial charge is 0.231 e. The molecule has 0 bridgehead atoms. The first-order chi connectivity index (χ1) is 20.7. The summed E-state index contributed by atoms with van der Waals surface area (Å²) < 4.78 is 19.6. The summed E-state index contributed by atoms with van der Waals surface area (Å²) >= 11 is 0. The number of hydrogen-bond acceptors (Lipinski definition) is 5. The van der Waals surface area contributed by atoms with Gasteiger partial charge in [-0.05, 0) is 61.2 Å². The Morgan fingerprint density at radius 3 is 2.45 bits per heavy atom. The fourth-order valence-corrected chi connectivity index (χ4v) is 5.37. The molecule has 6 heteroatoms. The summed E-state index contributed by atoms with van der Waals surface area (Å²) in [5, 5.41) is 0. The molecule has 0 atom stereocenters. The minimum Gasteiger partial charge on any atom is -0.494 e. The molecule has 0 N–H and O–H groups in total. The van der Waals surface area contributed by atoms with Crippen molar-refractivity contribution in [3.8, 4) is 28.6 Å². The first kappa shape index (κ1) is 29.5. The second-order valence-electron chi connectivity index (χ2n) is 10.7. The fourth-order valence-electron chi connectivity index (χ4n) is 5.37. The van der Waals surface area contributed by atoms with Gasteiger partial charge < -0.3 is 18.8 Å². The highest BCUT2D eigenvalue weighted by Crippen LogP contribution is 2.33. The first-order valence-corrected chi connectivity index (χ1v) is 15.3. The molecule has 5 rings (SSSR count). The number of nitrogens with zero attached hydrogens (tertiary/aromatic N) is 3. The highest BCUT2D eigenvalue weighted by Gasteiger charge is 2.21. The molecule has 0 fully saturated rings. The molecule has 2 heterocycles. The van der Waals surface area contributed by atoms with Crippen molar-refractivity contribution in [1.82, 2.24) is 14.5 Å². The van der Waals surface area contributed by atoms with E-state index in [0.29, 0.717) is 6.61 Å². The lowest BCUT2D eigenvalue weighted by atomic mass is 10.1. The number of benzene rings is 3. The van der Waals surface area contributed by atoms with Gasteiger partial charge in [0.25, 0.3) is 0 Å². The minimum absolute atomic E-state index is 0.277. The van der Waals surface area contributed by atoms with Gasteiger partial charge in [-0.3, -0.25) is 4.90 Å². The third-order valence-corrected chi connectivity index (χ3v) is 7.43. The minimum atomic E-state index is 0.277. The molecule has 3 aromatic carbocycles. The molecule has 42 heavy (non-hydrogen) atoms. The van der Waals surface area contributed by atoms with Crippen LogP contribution in [0.4, 0.5) is 0 Å². The maximum absolute atomic E-state index is 5.83. The molecular weight excluding hydrogens is 522 g/mol. The Morgan fingerprint density at radius 2 is 1.67 bits per heavy atom. The van der Waals surface area contributed by atoms with Crippen molar-refractivity contribution >= 4 is 6.08 Å². The molecule has 0 unspecified atom stereocenters. The summed E-state index contributed by atoms with van der Waals surface area (Å²) in [6.07, 6.45) is 8.85. The second-order valence-corrected chi connectivity index (χ2v) is 10.7. The van der Waals surface area contributed by atoms with Crippen LogP contribution in [0, 0.1) is 0 Å². The normalized spacial score (nSPS) is 12.5. The van der Waals surface area contributed by atoms with Gasteiger partial charge in [0, 0.05) is 31.7 Å². The molecule has 0 amide bonds. The highest BCUT2D eigenvalue weighted by molar-refractivity contribution is 5.61. The van der Waals surface area contributed by atoms with Gasteiger partial charge in [0.1, 0.15) is 11.6 Å². The van der Waals surface area contributed by atoms with Crippen LogP contribution in [-0.2, 0) is 26.2 Å². The van der Waals surface area contributed by atoms with Gasteiger partial charge in [-0.2, -0.15) is 0 Å². The Hall–Kier alpha value is -4.03. The van der Waals surface area contributed by atoms with E-state index in [2.05, 4.69) is 96.1 Å². The zero-order valence-electron chi connectivity index (χ0n) is 25.2. The lowest BCUT2D eigenvalue weighted by molar-refractivity contribution is 0.174. The summed E-state index contributed by atoms with van der Waals surface area (Å²) in [5.41, 5.74) is 5.85. The van der Waals surface area contributed by atoms with Crippen LogP contribution >= 0.6 is 0 Å². The second kappa shape index (κ2) is 14.7. The van der Waals surface area contributed by atoms with Gasteiger partial charge in [-0.15, -0.1) is 0 Å². The summed E-state index contributed by atoms with van der Waals surface area (Å²) in [7, 11) is 0. The van der Waals surface area contributed by atoms with Crippen molar-refractivity contribution < 1.29 is 14.2 Å². The number of aromatic nitrogens is 2. The molecule has 0 radical (unpaired) electrons. The van der Waals surface area contributed by atoms with Crippen LogP contribution in [0.5, 0.6) is 17.2 Å². The number of allylic oxidation sites excluding steroid dienone is 1. The number of unbranched alkanes of at least 4 members (excludes halogenated alkanes) is 2. The van der Waals surface area contributed by atoms with Gasteiger partial charge in [0.15, 0.2) is 11.5 Å². The maximum atomic E-state index is 5.83. The average Bonchev–Trinajstić information content (AvgIpc) is 3.61. The summed E-state index contributed by atoms with van der Waals surface area (Å²) in [6.45, 7) is 10.6. The lowest BCUT2D eigenvalue weighted by Crippen LogP contribution is -2.24. The predicted molar refractivity (Wildman–Crippen MR) is 170 cm³/mol. The van der Waals surface area contributed by atoms with Crippen LogP contribution in [0.2, 0.25) is 0 Å². The predicted octanol–water partition coefficient (Wildman–Crippen LogP) is 8.49. The van der Waals surface area contributed by atoms with Gasteiger partial charge in [-0.1, -0.05) is 81.3 Å². The summed E-state index contributed by atoms with van der Waals surface area (Å²) in [5.74, 6) is 3.56. The van der Waals surface area contributed by atoms with E-state index in [-0.39, 0.29) is 6.79 Å². The SMILES string of the molecule is CCC/C=C/c1nc(-c2ccccc2)n(CCCC)c1CN(Cc1cccc(OCC)c1)Cc1ccc2c(c1)OCO2. The average molecular weight is 566 g/mol. The third-order valence-electron chi connectivity index (χ3n) is 7.43. The molecule has 1 aliphatic heterocycles. The van der Waals surface area contributed by atoms with Crippen LogP contribution < -0.4 is 14.2 Å². The first-order valence-electron chi connectivity index (χ1n) is 15.3. The van der Waals surface area contributed by atoms with Crippen LogP contribution in [0.3, 0.4) is 0 Å². The summed E-state index contributed by atoms with van der Waals surface area (Å²) in [6, 6.07) is 25.3. The van der Waals surface area contributed by atoms with Crippen LogP contribution in [0.1, 0.15) is 69.0 Å². The van der Waals surface area contributed by atoms with E-state index < -0.39 is 0 Å². The topological polar surface area (TPSA) is 48.8 Å². The Morgan fingerprint density at radius 1 is 0.857 bits per heavy atom. The van der Waals surface area contributed by atoms with Crippen molar-refractivity contribution in [3.05, 3.63) is 101 Å². The van der Waals surface area contributed by atoms with Crippen LogP contribution in [0.25, 0.3) is 17.5 Å². The van der Waals surface area contributed by atoms with E-state index in [4.69, 9.17) is 19.2 Å². The fraction of sp³-hybridized carbons (Fsp3) is 0.361. The lowest BCUT2D eigenvalue weighted by Gasteiger charge is -2.25. The van der Waals surface area contributed by atoms with Gasteiger partial charge >= 0.3 is 0 Å². The molecule has 4 aromatic rings. The van der Waals surface area contributed by atoms with E-state index >= 15 is 0 Å². The van der Waals surface area contributed by atoms with Crippen molar-refractivity contribution in [3.63, 3.8) is 0 Å². The molecule has 6 nitrogen and oxygen atoms in total. The number of hydrogen-bond donors (Lipinski definition) is 0. The van der Waals surface area contributed by atoms with E-state index in [1.807, 2.05) is 19.1 Å². The Balaban J connectivity index is 1.54. The van der Waals surface area contributed by atoms with Crippen LogP contribution in [-0.4, -0.2) is 27.9 Å². The van der Waals surface area contributed by atoms with Crippen molar-refractivity contribution in [1.29, 1.82) is 0 Å². The molecule has 1 aromatic heterocycles. The molecule has 220 valence electrons. The van der Waals surface area contributed by atoms with E-state index in [0.717, 1.165) is 86.2 Å². The Labute approximate surface area is 250 Å². The monoisotopic (exact) mass is 565 g/mol. The maximum Gasteiger partial charge on any atom is 0.231 e. The van der Waals surface area contributed by atoms with Gasteiger partial charge in [0.2, 0.25) is 6.79 Å².